The van der Waals surface area contributed by atoms with E-state index in [1.54, 1.807) is 5.51 Å². The molecule has 1 N–H and O–H groups in total. The second-order valence-corrected chi connectivity index (χ2v) is 4.06. The van der Waals surface area contributed by atoms with Crippen molar-refractivity contribution in [3.63, 3.8) is 0 Å². The highest BCUT2D eigenvalue weighted by molar-refractivity contribution is 7.13. The van der Waals surface area contributed by atoms with Crippen LogP contribution in [0.3, 0.4) is 0 Å². The molecule has 0 aromatic carbocycles. The molecule has 1 heterocycles. The van der Waals surface area contributed by atoms with Crippen LogP contribution in [0.25, 0.3) is 0 Å². The van der Waals surface area contributed by atoms with Crippen LogP contribution in [0.5, 0.6) is 0 Å². The molecule has 0 aliphatic heterocycles. The van der Waals surface area contributed by atoms with E-state index in [2.05, 4.69) is 10.2 Å². The number of nitrogens with zero attached hydrogens (tertiary/aromatic N) is 3. The van der Waals surface area contributed by atoms with E-state index in [1.807, 2.05) is 25.8 Å². The first-order valence-corrected chi connectivity index (χ1v) is 4.57. The van der Waals surface area contributed by atoms with Crippen molar-refractivity contribution in [1.29, 1.82) is 0 Å². The van der Waals surface area contributed by atoms with E-state index < -0.39 is 0 Å². The third kappa shape index (κ3) is 1.73. The van der Waals surface area contributed by atoms with E-state index in [4.69, 9.17) is 5.11 Å². The van der Waals surface area contributed by atoms with Crippen molar-refractivity contribution in [2.75, 3.05) is 18.6 Å². The van der Waals surface area contributed by atoms with Crippen LogP contribution in [0.15, 0.2) is 5.51 Å². The molecule has 0 aliphatic rings. The maximum absolute atomic E-state index is 9.08. The van der Waals surface area contributed by atoms with Gasteiger partial charge in [0, 0.05) is 7.05 Å². The van der Waals surface area contributed by atoms with Gasteiger partial charge in [0.25, 0.3) is 0 Å². The van der Waals surface area contributed by atoms with Crippen LogP contribution in [-0.4, -0.2) is 34.5 Å². The Bertz CT molecular complexity index is 235. The molecule has 4 nitrogen and oxygen atoms in total. The maximum Gasteiger partial charge on any atom is 0.208 e. The molecule has 0 amide bonds. The second kappa shape index (κ2) is 3.37. The molecule has 0 aliphatic carbocycles. The SMILES string of the molecule is CN(c1nncs1)C(C)(C)CO. The molecular formula is C7H13N3OS. The molecule has 1 rings (SSSR count). The molecule has 0 saturated heterocycles. The van der Waals surface area contributed by atoms with Crippen molar-refractivity contribution in [3.8, 4) is 0 Å². The van der Waals surface area contributed by atoms with Crippen LogP contribution in [0, 0.1) is 0 Å². The van der Waals surface area contributed by atoms with Gasteiger partial charge in [0.15, 0.2) is 0 Å². The van der Waals surface area contributed by atoms with E-state index in [0.29, 0.717) is 0 Å². The van der Waals surface area contributed by atoms with Crippen molar-refractivity contribution in [3.05, 3.63) is 5.51 Å². The van der Waals surface area contributed by atoms with Crippen LogP contribution < -0.4 is 4.90 Å². The molecule has 0 fully saturated rings. The van der Waals surface area contributed by atoms with Crippen LogP contribution in [-0.2, 0) is 0 Å². The fourth-order valence-corrected chi connectivity index (χ4v) is 1.37. The normalized spacial score (nSPS) is 11.7. The van der Waals surface area contributed by atoms with Crippen molar-refractivity contribution in [2.45, 2.75) is 19.4 Å². The Labute approximate surface area is 75.9 Å². The highest BCUT2D eigenvalue weighted by Gasteiger charge is 2.24. The average Bonchev–Trinajstić information content (AvgIpc) is 2.55. The molecule has 0 spiro atoms. The summed E-state index contributed by atoms with van der Waals surface area (Å²) in [6.45, 7) is 4.01. The topological polar surface area (TPSA) is 49.2 Å². The summed E-state index contributed by atoms with van der Waals surface area (Å²) in [5.74, 6) is 0. The van der Waals surface area contributed by atoms with Crippen LogP contribution in [0.1, 0.15) is 13.8 Å². The van der Waals surface area contributed by atoms with Gasteiger partial charge in [-0.05, 0) is 13.8 Å². The number of aromatic nitrogens is 2. The summed E-state index contributed by atoms with van der Waals surface area (Å²) in [6.07, 6.45) is 0. The first-order valence-electron chi connectivity index (χ1n) is 3.69. The lowest BCUT2D eigenvalue weighted by Gasteiger charge is -2.33. The third-order valence-corrected chi connectivity index (χ3v) is 2.70. The lowest BCUT2D eigenvalue weighted by atomic mass is 10.1. The van der Waals surface area contributed by atoms with Crippen LogP contribution in [0.2, 0.25) is 0 Å². The van der Waals surface area contributed by atoms with Gasteiger partial charge in [0.05, 0.1) is 12.1 Å². The lowest BCUT2D eigenvalue weighted by molar-refractivity contribution is 0.216. The summed E-state index contributed by atoms with van der Waals surface area (Å²) in [4.78, 5) is 1.92. The number of anilines is 1. The Balaban J connectivity index is 2.78. The maximum atomic E-state index is 9.08. The highest BCUT2D eigenvalue weighted by atomic mass is 32.1. The number of aliphatic hydroxyl groups is 1. The summed E-state index contributed by atoms with van der Waals surface area (Å²) in [6, 6.07) is 0. The van der Waals surface area contributed by atoms with E-state index in [0.717, 1.165) is 5.13 Å². The number of aliphatic hydroxyl groups excluding tert-OH is 1. The molecule has 0 bridgehead atoms. The zero-order valence-electron chi connectivity index (χ0n) is 7.48. The Morgan fingerprint density at radius 2 is 2.33 bits per heavy atom. The van der Waals surface area contributed by atoms with Gasteiger partial charge >= 0.3 is 0 Å². The molecule has 68 valence electrons. The number of hydrogen-bond donors (Lipinski definition) is 1. The largest absolute Gasteiger partial charge is 0.394 e. The Morgan fingerprint density at radius 3 is 2.75 bits per heavy atom. The molecule has 0 radical (unpaired) electrons. The van der Waals surface area contributed by atoms with Gasteiger partial charge in [0.2, 0.25) is 5.13 Å². The molecule has 0 saturated carbocycles. The van der Waals surface area contributed by atoms with Gasteiger partial charge in [-0.15, -0.1) is 10.2 Å². The third-order valence-electron chi connectivity index (χ3n) is 1.93. The van der Waals surface area contributed by atoms with Crippen LogP contribution in [0.4, 0.5) is 5.13 Å². The van der Waals surface area contributed by atoms with E-state index in [9.17, 15) is 0 Å². The second-order valence-electron chi connectivity index (χ2n) is 3.25. The van der Waals surface area contributed by atoms with Gasteiger partial charge in [0.1, 0.15) is 5.51 Å². The summed E-state index contributed by atoms with van der Waals surface area (Å²) in [5, 5.41) is 17.6. The summed E-state index contributed by atoms with van der Waals surface area (Å²) in [7, 11) is 1.90. The number of rotatable bonds is 3. The standard InChI is InChI=1S/C7H13N3OS/c1-7(2,4-11)10(3)6-9-8-5-12-6/h5,11H,4H2,1-3H3. The summed E-state index contributed by atoms with van der Waals surface area (Å²) < 4.78 is 0. The molecule has 1 aromatic rings. The molecular weight excluding hydrogens is 174 g/mol. The predicted molar refractivity (Wildman–Crippen MR) is 49.5 cm³/mol. The fraction of sp³-hybridized carbons (Fsp3) is 0.714. The molecule has 5 heteroatoms. The number of likely N-dealkylation sites (N-methyl/N-ethyl adjacent to an activating group) is 1. The Hall–Kier alpha value is -0.680. The monoisotopic (exact) mass is 187 g/mol. The minimum atomic E-state index is -0.278. The van der Waals surface area contributed by atoms with Gasteiger partial charge in [-0.2, -0.15) is 0 Å². The zero-order valence-corrected chi connectivity index (χ0v) is 8.30. The van der Waals surface area contributed by atoms with Crippen molar-refractivity contribution >= 4 is 16.5 Å². The molecule has 0 atom stereocenters. The fourth-order valence-electron chi connectivity index (χ4n) is 0.678. The summed E-state index contributed by atoms with van der Waals surface area (Å²) in [5.41, 5.74) is 1.40. The first kappa shape index (κ1) is 9.41. The van der Waals surface area contributed by atoms with Gasteiger partial charge in [-0.25, -0.2) is 0 Å². The van der Waals surface area contributed by atoms with E-state index in [1.165, 1.54) is 11.3 Å². The molecule has 12 heavy (non-hydrogen) atoms. The summed E-state index contributed by atoms with van der Waals surface area (Å²) >= 11 is 1.47. The van der Waals surface area contributed by atoms with E-state index in [-0.39, 0.29) is 12.1 Å². The van der Waals surface area contributed by atoms with E-state index >= 15 is 0 Å². The molecule has 1 aromatic heterocycles. The van der Waals surface area contributed by atoms with Crippen molar-refractivity contribution in [1.82, 2.24) is 10.2 Å². The minimum Gasteiger partial charge on any atom is -0.394 e. The van der Waals surface area contributed by atoms with Crippen LogP contribution >= 0.6 is 11.3 Å². The zero-order chi connectivity index (χ0) is 9.19. The average molecular weight is 187 g/mol. The Morgan fingerprint density at radius 1 is 1.67 bits per heavy atom. The smallest absolute Gasteiger partial charge is 0.208 e. The van der Waals surface area contributed by atoms with Crippen molar-refractivity contribution in [2.24, 2.45) is 0 Å². The van der Waals surface area contributed by atoms with Crippen molar-refractivity contribution < 1.29 is 5.11 Å². The predicted octanol–water partition coefficient (Wildman–Crippen LogP) is 0.745. The highest BCUT2D eigenvalue weighted by Crippen LogP contribution is 2.22. The quantitative estimate of drug-likeness (QED) is 0.758. The lowest BCUT2D eigenvalue weighted by Crippen LogP contribution is -2.44. The Kier molecular flexibility index (Phi) is 2.64. The van der Waals surface area contributed by atoms with Gasteiger partial charge in [-0.1, -0.05) is 11.3 Å². The number of hydrogen-bond acceptors (Lipinski definition) is 5. The molecule has 0 unspecified atom stereocenters. The first-order chi connectivity index (χ1) is 5.58. The minimum absolute atomic E-state index is 0.100. The van der Waals surface area contributed by atoms with Gasteiger partial charge in [-0.3, -0.25) is 0 Å². The van der Waals surface area contributed by atoms with Gasteiger partial charge < -0.3 is 10.0 Å².